The molecule has 1 unspecified atom stereocenters. The summed E-state index contributed by atoms with van der Waals surface area (Å²) in [5.41, 5.74) is 2.49. The standard InChI is InChI=1S/C19H32N4O/c1-15-7-8-18(24-4)17(12-15)9-10-21-19(20-2)22-13-16-6-5-11-23(3)14-16/h7-8,12,16H,5-6,9-11,13-14H2,1-4H3,(H2,20,21,22). The van der Waals surface area contributed by atoms with Gasteiger partial charge >= 0.3 is 0 Å². The molecule has 0 radical (unpaired) electrons. The molecule has 1 atom stereocenters. The molecule has 0 saturated carbocycles. The molecule has 0 aliphatic carbocycles. The highest BCUT2D eigenvalue weighted by molar-refractivity contribution is 5.79. The first-order valence-corrected chi connectivity index (χ1v) is 8.89. The Morgan fingerprint density at radius 1 is 1.38 bits per heavy atom. The van der Waals surface area contributed by atoms with Crippen LogP contribution >= 0.6 is 0 Å². The van der Waals surface area contributed by atoms with Crippen LogP contribution in [0.4, 0.5) is 0 Å². The SMILES string of the molecule is CN=C(NCCc1cc(C)ccc1OC)NCC1CCCN(C)C1. The molecular formula is C19H32N4O. The van der Waals surface area contributed by atoms with Crippen LogP contribution in [0.2, 0.25) is 0 Å². The molecule has 1 fully saturated rings. The first-order chi connectivity index (χ1) is 11.6. The van der Waals surface area contributed by atoms with Crippen LogP contribution in [-0.2, 0) is 6.42 Å². The lowest BCUT2D eigenvalue weighted by Crippen LogP contribution is -2.44. The van der Waals surface area contributed by atoms with Crippen LogP contribution in [0, 0.1) is 12.8 Å². The molecule has 5 nitrogen and oxygen atoms in total. The Labute approximate surface area is 146 Å². The molecule has 1 aliphatic rings. The quantitative estimate of drug-likeness (QED) is 0.618. The number of nitrogens with one attached hydrogen (secondary N) is 2. The Morgan fingerprint density at radius 2 is 2.21 bits per heavy atom. The lowest BCUT2D eigenvalue weighted by Gasteiger charge is -2.30. The zero-order valence-electron chi connectivity index (χ0n) is 15.6. The van der Waals surface area contributed by atoms with Gasteiger partial charge in [-0.1, -0.05) is 17.7 Å². The van der Waals surface area contributed by atoms with Crippen LogP contribution in [0.15, 0.2) is 23.2 Å². The van der Waals surface area contributed by atoms with E-state index in [4.69, 9.17) is 4.74 Å². The maximum Gasteiger partial charge on any atom is 0.190 e. The Morgan fingerprint density at radius 3 is 2.92 bits per heavy atom. The summed E-state index contributed by atoms with van der Waals surface area (Å²) in [6.45, 7) is 6.33. The van der Waals surface area contributed by atoms with Gasteiger partial charge in [0.1, 0.15) is 5.75 Å². The van der Waals surface area contributed by atoms with Crippen molar-refractivity contribution < 1.29 is 4.74 Å². The van der Waals surface area contributed by atoms with Crippen molar-refractivity contribution in [3.63, 3.8) is 0 Å². The van der Waals surface area contributed by atoms with Crippen molar-refractivity contribution in [2.75, 3.05) is 47.4 Å². The average molecular weight is 332 g/mol. The fourth-order valence-electron chi connectivity index (χ4n) is 3.32. The van der Waals surface area contributed by atoms with Crippen molar-refractivity contribution in [2.24, 2.45) is 10.9 Å². The Bertz CT molecular complexity index is 544. The van der Waals surface area contributed by atoms with E-state index in [1.165, 1.54) is 37.1 Å². The number of nitrogens with zero attached hydrogens (tertiary/aromatic N) is 2. The fourth-order valence-corrected chi connectivity index (χ4v) is 3.32. The molecule has 2 N–H and O–H groups in total. The predicted octanol–water partition coefficient (Wildman–Crippen LogP) is 2.05. The van der Waals surface area contributed by atoms with Crippen LogP contribution in [0.5, 0.6) is 5.75 Å². The molecule has 0 spiro atoms. The first-order valence-electron chi connectivity index (χ1n) is 8.89. The summed E-state index contributed by atoms with van der Waals surface area (Å²) in [6.07, 6.45) is 3.51. The Hall–Kier alpha value is -1.75. The van der Waals surface area contributed by atoms with Crippen molar-refractivity contribution in [1.82, 2.24) is 15.5 Å². The van der Waals surface area contributed by atoms with E-state index >= 15 is 0 Å². The highest BCUT2D eigenvalue weighted by Gasteiger charge is 2.17. The molecular weight excluding hydrogens is 300 g/mol. The lowest BCUT2D eigenvalue weighted by atomic mass is 9.99. The molecule has 0 bridgehead atoms. The van der Waals surface area contributed by atoms with Gasteiger partial charge in [0.05, 0.1) is 7.11 Å². The minimum absolute atomic E-state index is 0.708. The topological polar surface area (TPSA) is 48.9 Å². The highest BCUT2D eigenvalue weighted by Crippen LogP contribution is 2.19. The molecule has 134 valence electrons. The summed E-state index contributed by atoms with van der Waals surface area (Å²) in [4.78, 5) is 6.75. The molecule has 2 rings (SSSR count). The second kappa shape index (κ2) is 9.52. The largest absolute Gasteiger partial charge is 0.496 e. The normalized spacial score (nSPS) is 19.2. The number of hydrogen-bond donors (Lipinski definition) is 2. The van der Waals surface area contributed by atoms with Gasteiger partial charge in [0, 0.05) is 26.7 Å². The number of aryl methyl sites for hydroxylation is 1. The number of rotatable bonds is 6. The van der Waals surface area contributed by atoms with E-state index in [0.717, 1.165) is 31.2 Å². The second-order valence-corrected chi connectivity index (χ2v) is 6.72. The molecule has 0 amide bonds. The maximum absolute atomic E-state index is 5.44. The molecule has 1 heterocycles. The van der Waals surface area contributed by atoms with Gasteiger partial charge in [-0.3, -0.25) is 4.99 Å². The molecule has 1 aromatic rings. The van der Waals surface area contributed by atoms with E-state index in [1.54, 1.807) is 7.11 Å². The van der Waals surface area contributed by atoms with Gasteiger partial charge < -0.3 is 20.3 Å². The van der Waals surface area contributed by atoms with Crippen molar-refractivity contribution in [3.05, 3.63) is 29.3 Å². The Kier molecular flexibility index (Phi) is 7.37. The van der Waals surface area contributed by atoms with E-state index in [1.807, 2.05) is 13.1 Å². The number of methoxy groups -OCH3 is 1. The summed E-state index contributed by atoms with van der Waals surface area (Å²) in [5.74, 6) is 2.55. The summed E-state index contributed by atoms with van der Waals surface area (Å²) < 4.78 is 5.44. The van der Waals surface area contributed by atoms with Crippen molar-refractivity contribution in [3.8, 4) is 5.75 Å². The molecule has 1 saturated heterocycles. The van der Waals surface area contributed by atoms with Crippen molar-refractivity contribution in [2.45, 2.75) is 26.2 Å². The van der Waals surface area contributed by atoms with Crippen molar-refractivity contribution >= 4 is 5.96 Å². The van der Waals surface area contributed by atoms with Crippen LogP contribution < -0.4 is 15.4 Å². The molecule has 24 heavy (non-hydrogen) atoms. The molecule has 1 aromatic carbocycles. The summed E-state index contributed by atoms with van der Waals surface area (Å²) in [6, 6.07) is 6.31. The number of hydrogen-bond acceptors (Lipinski definition) is 3. The molecule has 0 aromatic heterocycles. The zero-order valence-corrected chi connectivity index (χ0v) is 15.6. The summed E-state index contributed by atoms with van der Waals surface area (Å²) in [7, 11) is 5.76. The number of likely N-dealkylation sites (tertiary alicyclic amines) is 1. The number of piperidine rings is 1. The van der Waals surface area contributed by atoms with Gasteiger partial charge in [0.2, 0.25) is 0 Å². The van der Waals surface area contributed by atoms with Gasteiger partial charge in [0.25, 0.3) is 0 Å². The smallest absolute Gasteiger partial charge is 0.190 e. The van der Waals surface area contributed by atoms with E-state index in [0.29, 0.717) is 5.92 Å². The zero-order chi connectivity index (χ0) is 17.4. The number of guanidine groups is 1. The van der Waals surface area contributed by atoms with Gasteiger partial charge in [-0.15, -0.1) is 0 Å². The first kappa shape index (κ1) is 18.6. The fraction of sp³-hybridized carbons (Fsp3) is 0.632. The second-order valence-electron chi connectivity index (χ2n) is 6.72. The third-order valence-corrected chi connectivity index (χ3v) is 4.63. The third kappa shape index (κ3) is 5.71. The molecule has 1 aliphatic heterocycles. The number of ether oxygens (including phenoxy) is 1. The highest BCUT2D eigenvalue weighted by atomic mass is 16.5. The summed E-state index contributed by atoms with van der Waals surface area (Å²) in [5, 5.41) is 6.88. The minimum Gasteiger partial charge on any atom is -0.496 e. The lowest BCUT2D eigenvalue weighted by molar-refractivity contribution is 0.210. The monoisotopic (exact) mass is 332 g/mol. The minimum atomic E-state index is 0.708. The molecule has 5 heteroatoms. The van der Waals surface area contributed by atoms with Gasteiger partial charge in [-0.2, -0.15) is 0 Å². The third-order valence-electron chi connectivity index (χ3n) is 4.63. The van der Waals surface area contributed by atoms with E-state index in [9.17, 15) is 0 Å². The van der Waals surface area contributed by atoms with Crippen LogP contribution in [0.25, 0.3) is 0 Å². The van der Waals surface area contributed by atoms with E-state index < -0.39 is 0 Å². The van der Waals surface area contributed by atoms with Gasteiger partial charge in [-0.25, -0.2) is 0 Å². The van der Waals surface area contributed by atoms with Gasteiger partial charge in [-0.05, 0) is 57.3 Å². The number of benzene rings is 1. The van der Waals surface area contributed by atoms with E-state index in [-0.39, 0.29) is 0 Å². The van der Waals surface area contributed by atoms with Crippen LogP contribution in [0.3, 0.4) is 0 Å². The van der Waals surface area contributed by atoms with Gasteiger partial charge in [0.15, 0.2) is 5.96 Å². The van der Waals surface area contributed by atoms with E-state index in [2.05, 4.69) is 46.6 Å². The Balaban J connectivity index is 1.76. The van der Waals surface area contributed by atoms with Crippen LogP contribution in [-0.4, -0.2) is 58.2 Å². The maximum atomic E-state index is 5.44. The van der Waals surface area contributed by atoms with Crippen LogP contribution in [0.1, 0.15) is 24.0 Å². The van der Waals surface area contributed by atoms with Crippen molar-refractivity contribution in [1.29, 1.82) is 0 Å². The predicted molar refractivity (Wildman–Crippen MR) is 101 cm³/mol. The average Bonchev–Trinajstić information content (AvgIpc) is 2.58. The number of aliphatic imine (C=N–C) groups is 1. The summed E-state index contributed by atoms with van der Waals surface area (Å²) >= 11 is 0.